The molecular formula is C21H29F3N4O2. The third-order valence-corrected chi connectivity index (χ3v) is 7.54. The fourth-order valence-electron chi connectivity index (χ4n) is 6.77. The monoisotopic (exact) mass is 426 g/mol. The lowest BCUT2D eigenvalue weighted by Gasteiger charge is -2.60. The van der Waals surface area contributed by atoms with Crippen LogP contribution in [0.25, 0.3) is 0 Å². The molecule has 6 nitrogen and oxygen atoms in total. The summed E-state index contributed by atoms with van der Waals surface area (Å²) in [5, 5.41) is 26.9. The van der Waals surface area contributed by atoms with Crippen LogP contribution < -0.4 is 10.6 Å². The molecule has 5 aliphatic rings. The molecule has 5 aliphatic carbocycles. The first-order valence-corrected chi connectivity index (χ1v) is 11.0. The van der Waals surface area contributed by atoms with Crippen LogP contribution in [-0.4, -0.2) is 43.5 Å². The van der Waals surface area contributed by atoms with Crippen molar-refractivity contribution in [2.45, 2.75) is 93.7 Å². The number of halogens is 3. The number of anilines is 2. The predicted octanol–water partition coefficient (Wildman–Crippen LogP) is 3.71. The molecule has 0 radical (unpaired) electrons. The summed E-state index contributed by atoms with van der Waals surface area (Å²) in [6, 6.07) is 0.0400. The zero-order valence-electron chi connectivity index (χ0n) is 16.9. The predicted molar refractivity (Wildman–Crippen MR) is 105 cm³/mol. The van der Waals surface area contributed by atoms with E-state index >= 15 is 0 Å². The van der Waals surface area contributed by atoms with Gasteiger partial charge in [-0.25, -0.2) is 4.98 Å². The van der Waals surface area contributed by atoms with E-state index < -0.39 is 22.9 Å². The Labute approximate surface area is 173 Å². The van der Waals surface area contributed by atoms with Crippen LogP contribution in [0.15, 0.2) is 6.20 Å². The molecule has 4 N–H and O–H groups in total. The molecule has 30 heavy (non-hydrogen) atoms. The minimum Gasteiger partial charge on any atom is -0.393 e. The number of nitrogens with zero attached hydrogens (tertiary/aromatic N) is 2. The van der Waals surface area contributed by atoms with Gasteiger partial charge < -0.3 is 20.8 Å². The Morgan fingerprint density at radius 2 is 1.70 bits per heavy atom. The first-order valence-electron chi connectivity index (χ1n) is 11.0. The highest BCUT2D eigenvalue weighted by molar-refractivity contribution is 5.51. The average molecular weight is 426 g/mol. The van der Waals surface area contributed by atoms with Crippen molar-refractivity contribution in [3.63, 3.8) is 0 Å². The summed E-state index contributed by atoms with van der Waals surface area (Å²) in [6.45, 7) is 0. The maximum absolute atomic E-state index is 13.7. The molecule has 0 amide bonds. The first-order chi connectivity index (χ1) is 14.1. The van der Waals surface area contributed by atoms with Crippen LogP contribution in [0.4, 0.5) is 24.9 Å². The van der Waals surface area contributed by atoms with Gasteiger partial charge >= 0.3 is 6.18 Å². The van der Waals surface area contributed by atoms with Crippen LogP contribution >= 0.6 is 0 Å². The van der Waals surface area contributed by atoms with Gasteiger partial charge in [-0.1, -0.05) is 0 Å². The minimum atomic E-state index is -4.56. The second-order valence-electron chi connectivity index (χ2n) is 10.2. The molecule has 0 aliphatic heterocycles. The standard InChI is InChI=1S/C21H29F3N4O2/c22-21(23,24)16-10-25-18(26-14-1-3-15(29)4-2-14)27-17(16)28-19-6-12-5-13(7-19)9-20(30,8-12)11-19/h10,12-15,29-30H,1-9,11H2,(H2,25,26,27,28). The van der Waals surface area contributed by atoms with Crippen molar-refractivity contribution in [3.05, 3.63) is 11.8 Å². The quantitative estimate of drug-likeness (QED) is 0.587. The summed E-state index contributed by atoms with van der Waals surface area (Å²) >= 11 is 0. The highest BCUT2D eigenvalue weighted by Gasteiger charge is 2.57. The molecule has 0 saturated heterocycles. The lowest BCUT2D eigenvalue weighted by Crippen LogP contribution is -2.62. The zero-order valence-corrected chi connectivity index (χ0v) is 16.9. The molecule has 2 atom stereocenters. The number of aliphatic hydroxyl groups excluding tert-OH is 1. The van der Waals surface area contributed by atoms with Gasteiger partial charge in [-0.15, -0.1) is 0 Å². The zero-order chi connectivity index (χ0) is 21.1. The van der Waals surface area contributed by atoms with Crippen molar-refractivity contribution in [1.82, 2.24) is 9.97 Å². The number of nitrogens with one attached hydrogen (secondary N) is 2. The number of rotatable bonds is 4. The van der Waals surface area contributed by atoms with E-state index in [-0.39, 0.29) is 23.9 Å². The maximum atomic E-state index is 13.7. The normalized spacial score (nSPS) is 40.4. The number of hydrogen-bond acceptors (Lipinski definition) is 6. The summed E-state index contributed by atoms with van der Waals surface area (Å²) in [5.41, 5.74) is -2.18. The van der Waals surface area contributed by atoms with E-state index in [2.05, 4.69) is 20.6 Å². The average Bonchev–Trinajstić information content (AvgIpc) is 2.60. The van der Waals surface area contributed by atoms with Crippen LogP contribution in [-0.2, 0) is 6.18 Å². The fourth-order valence-corrected chi connectivity index (χ4v) is 6.77. The molecule has 9 heteroatoms. The SMILES string of the molecule is OC1CCC(Nc2ncc(C(F)(F)F)c(NC34CC5CC(CC(O)(C5)C3)C4)n2)CC1. The van der Waals surface area contributed by atoms with E-state index in [9.17, 15) is 23.4 Å². The Balaban J connectivity index is 1.41. The molecule has 1 aromatic heterocycles. The number of aromatic nitrogens is 2. The van der Waals surface area contributed by atoms with Crippen LogP contribution in [0.3, 0.4) is 0 Å². The molecule has 1 aromatic rings. The van der Waals surface area contributed by atoms with Crippen molar-refractivity contribution in [2.75, 3.05) is 10.6 Å². The van der Waals surface area contributed by atoms with Crippen molar-refractivity contribution in [2.24, 2.45) is 11.8 Å². The van der Waals surface area contributed by atoms with Gasteiger partial charge in [-0.3, -0.25) is 0 Å². The Hall–Kier alpha value is -1.61. The van der Waals surface area contributed by atoms with E-state index in [0.717, 1.165) is 51.1 Å². The second kappa shape index (κ2) is 6.95. The van der Waals surface area contributed by atoms with Crippen molar-refractivity contribution in [1.29, 1.82) is 0 Å². The molecule has 5 saturated carbocycles. The molecular weight excluding hydrogens is 397 g/mol. The largest absolute Gasteiger partial charge is 0.421 e. The van der Waals surface area contributed by atoms with E-state index in [1.165, 1.54) is 0 Å². The van der Waals surface area contributed by atoms with E-state index in [4.69, 9.17) is 0 Å². The van der Waals surface area contributed by atoms with Crippen LogP contribution in [0.5, 0.6) is 0 Å². The molecule has 6 rings (SSSR count). The fraction of sp³-hybridized carbons (Fsp3) is 0.810. The first kappa shape index (κ1) is 20.3. The van der Waals surface area contributed by atoms with E-state index in [1.807, 2.05) is 0 Å². The van der Waals surface area contributed by atoms with Crippen molar-refractivity contribution in [3.8, 4) is 0 Å². The minimum absolute atomic E-state index is 0.0400. The van der Waals surface area contributed by atoms with Gasteiger partial charge in [-0.05, 0) is 76.0 Å². The smallest absolute Gasteiger partial charge is 0.393 e. The number of hydrogen-bond donors (Lipinski definition) is 4. The van der Waals surface area contributed by atoms with Gasteiger partial charge in [0.05, 0.1) is 11.7 Å². The van der Waals surface area contributed by atoms with Gasteiger partial charge in [0, 0.05) is 17.8 Å². The second-order valence-corrected chi connectivity index (χ2v) is 10.2. The third-order valence-electron chi connectivity index (χ3n) is 7.54. The maximum Gasteiger partial charge on any atom is 0.421 e. The molecule has 166 valence electrons. The van der Waals surface area contributed by atoms with Crippen LogP contribution in [0.1, 0.15) is 69.8 Å². The van der Waals surface area contributed by atoms with Gasteiger partial charge in [0.1, 0.15) is 11.4 Å². The topological polar surface area (TPSA) is 90.3 Å². The molecule has 1 heterocycles. The number of alkyl halides is 3. The Bertz CT molecular complexity index is 796. The molecule has 0 spiro atoms. The Morgan fingerprint density at radius 1 is 1.03 bits per heavy atom. The third kappa shape index (κ3) is 3.86. The van der Waals surface area contributed by atoms with Gasteiger partial charge in [0.15, 0.2) is 0 Å². The highest BCUT2D eigenvalue weighted by atomic mass is 19.4. The lowest BCUT2D eigenvalue weighted by atomic mass is 9.51. The Morgan fingerprint density at radius 3 is 2.30 bits per heavy atom. The van der Waals surface area contributed by atoms with Crippen LogP contribution in [0.2, 0.25) is 0 Å². The van der Waals surface area contributed by atoms with Gasteiger partial charge in [0.25, 0.3) is 0 Å². The lowest BCUT2D eigenvalue weighted by molar-refractivity contribution is -0.138. The van der Waals surface area contributed by atoms with Gasteiger partial charge in [0.2, 0.25) is 5.95 Å². The molecule has 2 unspecified atom stereocenters. The van der Waals surface area contributed by atoms with Crippen LogP contribution in [0, 0.1) is 11.8 Å². The molecule has 4 bridgehead atoms. The van der Waals surface area contributed by atoms with E-state index in [1.54, 1.807) is 0 Å². The molecule has 0 aromatic carbocycles. The van der Waals surface area contributed by atoms with E-state index in [0.29, 0.717) is 31.1 Å². The summed E-state index contributed by atoms with van der Waals surface area (Å²) in [7, 11) is 0. The van der Waals surface area contributed by atoms with Crippen molar-refractivity contribution >= 4 is 11.8 Å². The Kier molecular flexibility index (Phi) is 4.70. The summed E-state index contributed by atoms with van der Waals surface area (Å²) in [4.78, 5) is 8.19. The summed E-state index contributed by atoms with van der Waals surface area (Å²) < 4.78 is 41.1. The molecule has 5 fully saturated rings. The number of aliphatic hydroxyl groups is 2. The highest BCUT2D eigenvalue weighted by Crippen LogP contribution is 2.58. The van der Waals surface area contributed by atoms with Crippen molar-refractivity contribution < 1.29 is 23.4 Å². The summed E-state index contributed by atoms with van der Waals surface area (Å²) in [5.74, 6) is 0.689. The van der Waals surface area contributed by atoms with Gasteiger partial charge in [-0.2, -0.15) is 18.2 Å². The summed E-state index contributed by atoms with van der Waals surface area (Å²) in [6.07, 6.45) is 3.35.